The van der Waals surface area contributed by atoms with Gasteiger partial charge in [0.05, 0.1) is 26.2 Å². The van der Waals surface area contributed by atoms with Gasteiger partial charge in [0.15, 0.2) is 0 Å². The van der Waals surface area contributed by atoms with Crippen LogP contribution in [-0.2, 0) is 19.1 Å². The molecule has 1 amide bonds. The topological polar surface area (TPSA) is 76.7 Å². The molecule has 0 saturated heterocycles. The molecule has 0 rings (SSSR count). The molecule has 0 aliphatic rings. The van der Waals surface area contributed by atoms with Crippen LogP contribution in [0.1, 0.15) is 20.3 Å². The Kier molecular flexibility index (Phi) is 9.37. The molecule has 6 nitrogen and oxygen atoms in total. The van der Waals surface area contributed by atoms with Crippen molar-refractivity contribution in [2.45, 2.75) is 26.3 Å². The van der Waals surface area contributed by atoms with Crippen molar-refractivity contribution < 1.29 is 19.1 Å². The van der Waals surface area contributed by atoms with E-state index in [0.29, 0.717) is 19.8 Å². The van der Waals surface area contributed by atoms with E-state index in [2.05, 4.69) is 10.6 Å². The van der Waals surface area contributed by atoms with Gasteiger partial charge >= 0.3 is 5.97 Å². The van der Waals surface area contributed by atoms with Crippen LogP contribution in [0.15, 0.2) is 0 Å². The van der Waals surface area contributed by atoms with Crippen LogP contribution in [0.5, 0.6) is 0 Å². The first-order valence-electron chi connectivity index (χ1n) is 5.74. The van der Waals surface area contributed by atoms with Crippen LogP contribution in [0.25, 0.3) is 0 Å². The number of rotatable bonds is 9. The predicted octanol–water partition coefficient (Wildman–Crippen LogP) is -0.320. The van der Waals surface area contributed by atoms with Crippen LogP contribution in [0.2, 0.25) is 0 Å². The molecule has 0 bridgehead atoms. The third-order valence-corrected chi connectivity index (χ3v) is 2.02. The van der Waals surface area contributed by atoms with Crippen LogP contribution in [0.4, 0.5) is 0 Å². The molecule has 100 valence electrons. The maximum atomic E-state index is 11.3. The molecule has 17 heavy (non-hydrogen) atoms. The van der Waals surface area contributed by atoms with Crippen molar-refractivity contribution in [1.82, 2.24) is 10.6 Å². The number of hydrogen-bond acceptors (Lipinski definition) is 5. The molecule has 0 aromatic carbocycles. The van der Waals surface area contributed by atoms with E-state index >= 15 is 0 Å². The van der Waals surface area contributed by atoms with Gasteiger partial charge in [-0.25, -0.2) is 0 Å². The molecule has 0 aliphatic heterocycles. The lowest BCUT2D eigenvalue weighted by molar-refractivity contribution is -0.143. The maximum absolute atomic E-state index is 11.3. The normalized spacial score (nSPS) is 11.9. The average molecular weight is 246 g/mol. The van der Waals surface area contributed by atoms with E-state index in [4.69, 9.17) is 9.47 Å². The van der Waals surface area contributed by atoms with Gasteiger partial charge in [0.2, 0.25) is 5.91 Å². The van der Waals surface area contributed by atoms with E-state index in [0.717, 1.165) is 0 Å². The molecule has 0 fully saturated rings. The molecule has 0 heterocycles. The molecule has 1 unspecified atom stereocenters. The first kappa shape index (κ1) is 15.9. The number of ether oxygens (including phenoxy) is 2. The van der Waals surface area contributed by atoms with Gasteiger partial charge in [-0.05, 0) is 13.8 Å². The minimum atomic E-state index is -0.257. The van der Waals surface area contributed by atoms with Gasteiger partial charge in [-0.2, -0.15) is 0 Å². The number of amides is 1. The van der Waals surface area contributed by atoms with Crippen molar-refractivity contribution >= 4 is 11.9 Å². The SMILES string of the molecule is CCOC(=O)CC(C)NCC(=O)NCCOC. The summed E-state index contributed by atoms with van der Waals surface area (Å²) in [6.07, 6.45) is 0.263. The molecule has 0 aromatic heterocycles. The molecule has 0 aromatic rings. The fourth-order valence-corrected chi connectivity index (χ4v) is 1.16. The molecular weight excluding hydrogens is 224 g/mol. The van der Waals surface area contributed by atoms with Gasteiger partial charge in [0, 0.05) is 19.7 Å². The molecule has 2 N–H and O–H groups in total. The van der Waals surface area contributed by atoms with Crippen molar-refractivity contribution in [3.8, 4) is 0 Å². The summed E-state index contributed by atoms with van der Waals surface area (Å²) in [4.78, 5) is 22.4. The van der Waals surface area contributed by atoms with Crippen LogP contribution < -0.4 is 10.6 Å². The minimum absolute atomic E-state index is 0.0813. The van der Waals surface area contributed by atoms with Gasteiger partial charge < -0.3 is 20.1 Å². The number of carbonyl (C=O) groups is 2. The number of esters is 1. The molecular formula is C11H22N2O4. The monoisotopic (exact) mass is 246 g/mol. The largest absolute Gasteiger partial charge is 0.466 e. The summed E-state index contributed by atoms with van der Waals surface area (Å²) in [5.41, 5.74) is 0. The number of methoxy groups -OCH3 is 1. The van der Waals surface area contributed by atoms with Crippen LogP contribution in [-0.4, -0.2) is 51.3 Å². The summed E-state index contributed by atoms with van der Waals surface area (Å²) in [6.45, 7) is 5.14. The zero-order valence-electron chi connectivity index (χ0n) is 10.7. The number of carbonyl (C=O) groups excluding carboxylic acids is 2. The minimum Gasteiger partial charge on any atom is -0.466 e. The zero-order chi connectivity index (χ0) is 13.1. The smallest absolute Gasteiger partial charge is 0.307 e. The van der Waals surface area contributed by atoms with Crippen LogP contribution >= 0.6 is 0 Å². The third kappa shape index (κ3) is 9.77. The molecule has 0 aliphatic carbocycles. The summed E-state index contributed by atoms with van der Waals surface area (Å²) >= 11 is 0. The number of hydrogen-bond donors (Lipinski definition) is 2. The second kappa shape index (κ2) is 10.0. The fourth-order valence-electron chi connectivity index (χ4n) is 1.16. The van der Waals surface area contributed by atoms with Gasteiger partial charge in [0.25, 0.3) is 0 Å². The Balaban J connectivity index is 3.58. The predicted molar refractivity (Wildman–Crippen MR) is 63.6 cm³/mol. The summed E-state index contributed by atoms with van der Waals surface area (Å²) in [7, 11) is 1.58. The summed E-state index contributed by atoms with van der Waals surface area (Å²) in [5, 5.41) is 5.62. The quantitative estimate of drug-likeness (QED) is 0.431. The lowest BCUT2D eigenvalue weighted by atomic mass is 10.2. The summed E-state index contributed by atoms with van der Waals surface area (Å²) < 4.78 is 9.60. The van der Waals surface area contributed by atoms with E-state index < -0.39 is 0 Å². The third-order valence-electron chi connectivity index (χ3n) is 2.02. The molecule has 6 heteroatoms. The summed E-state index contributed by atoms with van der Waals surface area (Å²) in [6, 6.07) is -0.0813. The first-order chi connectivity index (χ1) is 8.10. The van der Waals surface area contributed by atoms with E-state index in [-0.39, 0.29) is 30.9 Å². The van der Waals surface area contributed by atoms with E-state index in [1.54, 1.807) is 14.0 Å². The highest BCUT2D eigenvalue weighted by Gasteiger charge is 2.10. The van der Waals surface area contributed by atoms with Gasteiger partial charge in [0.1, 0.15) is 0 Å². The lowest BCUT2D eigenvalue weighted by Crippen LogP contribution is -2.39. The number of nitrogens with one attached hydrogen (secondary N) is 2. The highest BCUT2D eigenvalue weighted by molar-refractivity contribution is 5.78. The van der Waals surface area contributed by atoms with Crippen LogP contribution in [0.3, 0.4) is 0 Å². The van der Waals surface area contributed by atoms with Gasteiger partial charge in [-0.15, -0.1) is 0 Å². The Bertz CT molecular complexity index is 234. The van der Waals surface area contributed by atoms with Gasteiger partial charge in [-0.1, -0.05) is 0 Å². The van der Waals surface area contributed by atoms with Crippen molar-refractivity contribution in [1.29, 1.82) is 0 Å². The Hall–Kier alpha value is -1.14. The standard InChI is InChI=1S/C11H22N2O4/c1-4-17-11(15)7-9(2)13-8-10(14)12-5-6-16-3/h9,13H,4-8H2,1-3H3,(H,12,14). The molecule has 1 atom stereocenters. The van der Waals surface area contributed by atoms with Gasteiger partial charge in [-0.3, -0.25) is 9.59 Å². The van der Waals surface area contributed by atoms with Crippen molar-refractivity contribution in [3.05, 3.63) is 0 Å². The molecule has 0 saturated carbocycles. The highest BCUT2D eigenvalue weighted by Crippen LogP contribution is 1.93. The Morgan fingerprint density at radius 3 is 2.65 bits per heavy atom. The van der Waals surface area contributed by atoms with E-state index in [1.165, 1.54) is 0 Å². The average Bonchev–Trinajstić information content (AvgIpc) is 2.27. The lowest BCUT2D eigenvalue weighted by Gasteiger charge is -2.12. The van der Waals surface area contributed by atoms with Crippen LogP contribution in [0, 0.1) is 0 Å². The van der Waals surface area contributed by atoms with Crippen molar-refractivity contribution in [2.75, 3.05) is 33.4 Å². The van der Waals surface area contributed by atoms with Crippen molar-refractivity contribution in [2.24, 2.45) is 0 Å². The Morgan fingerprint density at radius 2 is 2.06 bits per heavy atom. The molecule has 0 spiro atoms. The fraction of sp³-hybridized carbons (Fsp3) is 0.818. The Labute approximate surface area is 102 Å². The second-order valence-corrected chi connectivity index (χ2v) is 3.63. The zero-order valence-corrected chi connectivity index (χ0v) is 10.7. The first-order valence-corrected chi connectivity index (χ1v) is 5.74. The van der Waals surface area contributed by atoms with E-state index in [1.807, 2.05) is 6.92 Å². The Morgan fingerprint density at radius 1 is 1.35 bits per heavy atom. The maximum Gasteiger partial charge on any atom is 0.307 e. The van der Waals surface area contributed by atoms with E-state index in [9.17, 15) is 9.59 Å². The summed E-state index contributed by atoms with van der Waals surface area (Å²) in [5.74, 6) is -0.370. The second-order valence-electron chi connectivity index (χ2n) is 3.63. The van der Waals surface area contributed by atoms with Crippen molar-refractivity contribution in [3.63, 3.8) is 0 Å². The highest BCUT2D eigenvalue weighted by atomic mass is 16.5. The molecule has 0 radical (unpaired) electrons.